The molecule has 0 fully saturated rings. The molecule has 96 valence electrons. The first-order valence-electron chi connectivity index (χ1n) is 5.33. The second kappa shape index (κ2) is 5.62. The fraction of sp³-hybridized carbons (Fsp3) is 0. The molecule has 0 radical (unpaired) electrons. The van der Waals surface area contributed by atoms with E-state index in [-0.39, 0.29) is 17.2 Å². The molecule has 1 amide bonds. The maximum absolute atomic E-state index is 11.8. The quantitative estimate of drug-likeness (QED) is 0.911. The molecule has 0 aliphatic rings. The predicted molar refractivity (Wildman–Crippen MR) is 73.3 cm³/mol. The predicted octanol–water partition coefficient (Wildman–Crippen LogP) is 2.79. The number of aromatic carboxylic acids is 1. The molecule has 1 aromatic heterocycles. The number of amides is 1. The number of rotatable bonds is 3. The number of carboxylic acid groups (broad SMARTS) is 1. The molecule has 0 saturated heterocycles. The summed E-state index contributed by atoms with van der Waals surface area (Å²) in [6.07, 6.45) is 1.51. The lowest BCUT2D eigenvalue weighted by molar-refractivity contribution is 0.0695. The van der Waals surface area contributed by atoms with E-state index in [9.17, 15) is 9.59 Å². The van der Waals surface area contributed by atoms with E-state index in [1.54, 1.807) is 30.3 Å². The minimum atomic E-state index is -1.07. The summed E-state index contributed by atoms with van der Waals surface area (Å²) in [5.41, 5.74) is 0.748. The summed E-state index contributed by atoms with van der Waals surface area (Å²) in [7, 11) is 0. The van der Waals surface area contributed by atoms with E-state index in [2.05, 4.69) is 26.2 Å². The number of pyridine rings is 1. The number of hydrogen-bond donors (Lipinski definition) is 2. The number of aromatic nitrogens is 1. The lowest BCUT2D eigenvalue weighted by Crippen LogP contribution is -2.13. The van der Waals surface area contributed by atoms with E-state index in [1.807, 2.05) is 0 Å². The van der Waals surface area contributed by atoms with Crippen molar-refractivity contribution >= 4 is 33.5 Å². The number of halogens is 1. The zero-order chi connectivity index (χ0) is 13.8. The van der Waals surface area contributed by atoms with Gasteiger partial charge in [0.05, 0.1) is 5.56 Å². The van der Waals surface area contributed by atoms with E-state index in [4.69, 9.17) is 5.11 Å². The molecule has 1 heterocycles. The molecule has 0 bridgehead atoms. The van der Waals surface area contributed by atoms with Gasteiger partial charge < -0.3 is 10.4 Å². The average Bonchev–Trinajstić information content (AvgIpc) is 2.41. The van der Waals surface area contributed by atoms with Gasteiger partial charge in [0.25, 0.3) is 5.91 Å². The zero-order valence-corrected chi connectivity index (χ0v) is 11.2. The molecule has 1 aromatic carbocycles. The van der Waals surface area contributed by atoms with Gasteiger partial charge in [-0.15, -0.1) is 0 Å². The van der Waals surface area contributed by atoms with E-state index in [0.717, 1.165) is 0 Å². The highest BCUT2D eigenvalue weighted by molar-refractivity contribution is 9.10. The molecular weight excluding hydrogens is 312 g/mol. The van der Waals surface area contributed by atoms with Crippen molar-refractivity contribution in [3.63, 3.8) is 0 Å². The summed E-state index contributed by atoms with van der Waals surface area (Å²) in [5, 5.41) is 11.6. The second-order valence-electron chi connectivity index (χ2n) is 3.67. The lowest BCUT2D eigenvalue weighted by Gasteiger charge is -2.06. The molecule has 0 aliphatic heterocycles. The van der Waals surface area contributed by atoms with Crippen molar-refractivity contribution in [2.24, 2.45) is 0 Å². The molecule has 0 spiro atoms. The van der Waals surface area contributed by atoms with Gasteiger partial charge >= 0.3 is 5.97 Å². The first-order valence-corrected chi connectivity index (χ1v) is 6.12. The summed E-state index contributed by atoms with van der Waals surface area (Å²) in [6, 6.07) is 9.54. The topological polar surface area (TPSA) is 79.3 Å². The van der Waals surface area contributed by atoms with Crippen LogP contribution in [0.2, 0.25) is 0 Å². The Kier molecular flexibility index (Phi) is 3.91. The summed E-state index contributed by atoms with van der Waals surface area (Å²) in [5.74, 6) is -1.46. The molecule has 0 aliphatic carbocycles. The van der Waals surface area contributed by atoms with Crippen molar-refractivity contribution in [2.75, 3.05) is 5.32 Å². The largest absolute Gasteiger partial charge is 0.478 e. The first kappa shape index (κ1) is 13.2. The number of anilines is 1. The van der Waals surface area contributed by atoms with Gasteiger partial charge in [-0.05, 0) is 46.3 Å². The highest BCUT2D eigenvalue weighted by Gasteiger charge is 2.11. The Morgan fingerprint density at radius 1 is 1.21 bits per heavy atom. The Balaban J connectivity index is 2.23. The van der Waals surface area contributed by atoms with Crippen LogP contribution < -0.4 is 5.32 Å². The van der Waals surface area contributed by atoms with Crippen molar-refractivity contribution in [3.05, 3.63) is 58.3 Å². The van der Waals surface area contributed by atoms with Gasteiger partial charge in [0, 0.05) is 16.4 Å². The Labute approximate surface area is 117 Å². The molecule has 2 rings (SSSR count). The van der Waals surface area contributed by atoms with Crippen LogP contribution in [0.3, 0.4) is 0 Å². The van der Waals surface area contributed by atoms with Crippen LogP contribution in [0.25, 0.3) is 0 Å². The van der Waals surface area contributed by atoms with Crippen LogP contribution in [-0.4, -0.2) is 22.0 Å². The number of nitrogens with one attached hydrogen (secondary N) is 1. The third-order valence-corrected chi connectivity index (χ3v) is 3.04. The number of carboxylic acids is 1. The van der Waals surface area contributed by atoms with Gasteiger partial charge in [0.15, 0.2) is 0 Å². The Morgan fingerprint density at radius 2 is 2.00 bits per heavy atom. The van der Waals surface area contributed by atoms with E-state index >= 15 is 0 Å². The zero-order valence-electron chi connectivity index (χ0n) is 9.63. The lowest BCUT2D eigenvalue weighted by atomic mass is 10.2. The minimum absolute atomic E-state index is 0.0822. The molecule has 0 unspecified atom stereocenters. The maximum atomic E-state index is 11.8. The molecule has 2 aromatic rings. The summed E-state index contributed by atoms with van der Waals surface area (Å²) in [4.78, 5) is 26.7. The molecule has 19 heavy (non-hydrogen) atoms. The van der Waals surface area contributed by atoms with Gasteiger partial charge in [-0.2, -0.15) is 0 Å². The number of carbonyl (C=O) groups is 2. The van der Waals surface area contributed by atoms with Crippen LogP contribution in [0.4, 0.5) is 5.69 Å². The van der Waals surface area contributed by atoms with Gasteiger partial charge in [-0.25, -0.2) is 4.79 Å². The number of hydrogen-bond acceptors (Lipinski definition) is 3. The smallest absolute Gasteiger partial charge is 0.336 e. The van der Waals surface area contributed by atoms with Crippen LogP contribution in [0.15, 0.2) is 47.1 Å². The van der Waals surface area contributed by atoms with E-state index < -0.39 is 5.97 Å². The van der Waals surface area contributed by atoms with Gasteiger partial charge in [-0.3, -0.25) is 9.78 Å². The van der Waals surface area contributed by atoms with Crippen LogP contribution in [0, 0.1) is 0 Å². The van der Waals surface area contributed by atoms with Gasteiger partial charge in [0.1, 0.15) is 5.69 Å². The normalized spacial score (nSPS) is 9.95. The molecule has 0 atom stereocenters. The fourth-order valence-corrected chi connectivity index (χ4v) is 1.88. The molecule has 2 N–H and O–H groups in total. The van der Waals surface area contributed by atoms with Crippen LogP contribution >= 0.6 is 15.9 Å². The number of carbonyl (C=O) groups excluding carboxylic acids is 1. The Bertz CT molecular complexity index is 629. The second-order valence-corrected chi connectivity index (χ2v) is 4.52. The van der Waals surface area contributed by atoms with Crippen LogP contribution in [0.1, 0.15) is 20.8 Å². The first-order chi connectivity index (χ1) is 9.08. The van der Waals surface area contributed by atoms with Crippen molar-refractivity contribution in [1.82, 2.24) is 4.98 Å². The summed E-state index contributed by atoms with van der Waals surface area (Å²) in [6.45, 7) is 0. The standard InChI is InChI=1S/C13H9BrN2O3/c14-10-5-4-8(7-9(10)13(18)19)16-12(17)11-3-1-2-6-15-11/h1-7H,(H,16,17)(H,18,19). The van der Waals surface area contributed by atoms with Crippen molar-refractivity contribution in [3.8, 4) is 0 Å². The maximum Gasteiger partial charge on any atom is 0.336 e. The molecule has 5 nitrogen and oxygen atoms in total. The summed E-state index contributed by atoms with van der Waals surface area (Å²) < 4.78 is 0.454. The minimum Gasteiger partial charge on any atom is -0.478 e. The molecule has 0 saturated carbocycles. The van der Waals surface area contributed by atoms with Crippen molar-refractivity contribution in [1.29, 1.82) is 0 Å². The van der Waals surface area contributed by atoms with E-state index in [0.29, 0.717) is 10.2 Å². The molecule has 6 heteroatoms. The molecular formula is C13H9BrN2O3. The van der Waals surface area contributed by atoms with Crippen molar-refractivity contribution < 1.29 is 14.7 Å². The highest BCUT2D eigenvalue weighted by atomic mass is 79.9. The highest BCUT2D eigenvalue weighted by Crippen LogP contribution is 2.21. The van der Waals surface area contributed by atoms with Gasteiger partial charge in [0.2, 0.25) is 0 Å². The third-order valence-electron chi connectivity index (χ3n) is 2.35. The van der Waals surface area contributed by atoms with Gasteiger partial charge in [-0.1, -0.05) is 6.07 Å². The van der Waals surface area contributed by atoms with Crippen LogP contribution in [-0.2, 0) is 0 Å². The number of nitrogens with zero attached hydrogens (tertiary/aromatic N) is 1. The monoisotopic (exact) mass is 320 g/mol. The third kappa shape index (κ3) is 3.17. The number of benzene rings is 1. The fourth-order valence-electron chi connectivity index (χ4n) is 1.46. The Hall–Kier alpha value is -2.21. The Morgan fingerprint density at radius 3 is 2.63 bits per heavy atom. The summed E-state index contributed by atoms with van der Waals surface area (Å²) >= 11 is 3.14. The van der Waals surface area contributed by atoms with Crippen LogP contribution in [0.5, 0.6) is 0 Å². The average molecular weight is 321 g/mol. The SMILES string of the molecule is O=C(Nc1ccc(Br)c(C(=O)O)c1)c1ccccn1. The van der Waals surface area contributed by atoms with E-state index in [1.165, 1.54) is 12.3 Å². The van der Waals surface area contributed by atoms with Crippen molar-refractivity contribution in [2.45, 2.75) is 0 Å².